The molecule has 6 nitrogen and oxygen atoms in total. The summed E-state index contributed by atoms with van der Waals surface area (Å²) in [4.78, 5) is 3.92. The van der Waals surface area contributed by atoms with Crippen molar-refractivity contribution in [2.75, 3.05) is 6.61 Å². The fraction of sp³-hybridized carbons (Fsp3) is 0.500. The summed E-state index contributed by atoms with van der Waals surface area (Å²) in [5.41, 5.74) is 5.63. The van der Waals surface area contributed by atoms with Gasteiger partial charge in [0.05, 0.1) is 6.10 Å². The van der Waals surface area contributed by atoms with Gasteiger partial charge >= 0.3 is 0 Å². The van der Waals surface area contributed by atoms with E-state index in [0.717, 1.165) is 0 Å². The molecule has 0 saturated heterocycles. The van der Waals surface area contributed by atoms with E-state index < -0.39 is 10.0 Å². The SMILES string of the molecule is CCOC1CC(NS(=O)(=O)c2cccnc2C(N)=S)C1. The average molecular weight is 315 g/mol. The first kappa shape index (κ1) is 15.3. The monoisotopic (exact) mass is 315 g/mol. The first-order valence-corrected chi connectivity index (χ1v) is 8.22. The van der Waals surface area contributed by atoms with E-state index in [1.165, 1.54) is 12.3 Å². The second kappa shape index (κ2) is 6.13. The zero-order valence-corrected chi connectivity index (χ0v) is 12.7. The highest BCUT2D eigenvalue weighted by atomic mass is 32.2. The maximum absolute atomic E-state index is 12.3. The first-order chi connectivity index (χ1) is 9.44. The molecular weight excluding hydrogens is 298 g/mol. The normalized spacial score (nSPS) is 22.2. The van der Waals surface area contributed by atoms with E-state index >= 15 is 0 Å². The highest BCUT2D eigenvalue weighted by molar-refractivity contribution is 7.89. The molecule has 0 bridgehead atoms. The van der Waals surface area contributed by atoms with Crippen molar-refractivity contribution >= 4 is 27.2 Å². The number of nitrogens with one attached hydrogen (secondary N) is 1. The van der Waals surface area contributed by atoms with E-state index in [2.05, 4.69) is 9.71 Å². The van der Waals surface area contributed by atoms with E-state index in [1.54, 1.807) is 6.07 Å². The van der Waals surface area contributed by atoms with Crippen LogP contribution in [0.25, 0.3) is 0 Å². The number of sulfonamides is 1. The number of hydrogen-bond donors (Lipinski definition) is 2. The van der Waals surface area contributed by atoms with Gasteiger partial charge in [-0.1, -0.05) is 12.2 Å². The molecule has 3 N–H and O–H groups in total. The van der Waals surface area contributed by atoms with Crippen LogP contribution in [0.1, 0.15) is 25.5 Å². The number of thiocarbonyl (C=S) groups is 1. The van der Waals surface area contributed by atoms with E-state index in [-0.39, 0.29) is 27.7 Å². The molecule has 1 aliphatic carbocycles. The molecule has 1 heterocycles. The maximum atomic E-state index is 12.3. The Bertz CT molecular complexity index is 598. The fourth-order valence-electron chi connectivity index (χ4n) is 2.11. The van der Waals surface area contributed by atoms with Crippen LogP contribution in [0.4, 0.5) is 0 Å². The lowest BCUT2D eigenvalue weighted by Crippen LogP contribution is -2.48. The van der Waals surface area contributed by atoms with Crippen LogP contribution in [-0.4, -0.2) is 37.1 Å². The Hall–Kier alpha value is -1.09. The molecule has 20 heavy (non-hydrogen) atoms. The minimum absolute atomic E-state index is 0.0207. The number of nitrogens with two attached hydrogens (primary N) is 1. The molecular formula is C12H17N3O3S2. The zero-order chi connectivity index (χ0) is 14.8. The standard InChI is InChI=1S/C12H17N3O3S2/c1-2-18-9-6-8(7-9)15-20(16,17)10-4-3-5-14-11(10)12(13)19/h3-5,8-9,15H,2,6-7H2,1H3,(H2,13,19). The molecule has 1 aromatic heterocycles. The minimum Gasteiger partial charge on any atom is -0.388 e. The Morgan fingerprint density at radius 3 is 2.90 bits per heavy atom. The number of aromatic nitrogens is 1. The van der Waals surface area contributed by atoms with Gasteiger partial charge in [0.1, 0.15) is 15.6 Å². The second-order valence-electron chi connectivity index (χ2n) is 4.58. The number of pyridine rings is 1. The lowest BCUT2D eigenvalue weighted by molar-refractivity contribution is -0.00475. The first-order valence-electron chi connectivity index (χ1n) is 6.32. The Kier molecular flexibility index (Phi) is 4.69. The van der Waals surface area contributed by atoms with Crippen LogP contribution in [0, 0.1) is 0 Å². The molecule has 0 atom stereocenters. The molecule has 0 unspecified atom stereocenters. The summed E-state index contributed by atoms with van der Waals surface area (Å²) in [6, 6.07) is 2.87. The van der Waals surface area contributed by atoms with Crippen LogP contribution in [0.5, 0.6) is 0 Å². The number of nitrogens with zero attached hydrogens (tertiary/aromatic N) is 1. The second-order valence-corrected chi connectivity index (χ2v) is 6.70. The number of ether oxygens (including phenoxy) is 1. The largest absolute Gasteiger partial charge is 0.388 e. The van der Waals surface area contributed by atoms with Gasteiger partial charge in [0.2, 0.25) is 10.0 Å². The zero-order valence-electron chi connectivity index (χ0n) is 11.1. The molecule has 0 aliphatic heterocycles. The molecule has 1 fully saturated rings. The maximum Gasteiger partial charge on any atom is 0.243 e. The van der Waals surface area contributed by atoms with Gasteiger partial charge in [0, 0.05) is 18.8 Å². The summed E-state index contributed by atoms with van der Waals surface area (Å²) in [7, 11) is -3.67. The predicted molar refractivity (Wildman–Crippen MR) is 78.9 cm³/mol. The molecule has 0 spiro atoms. The lowest BCUT2D eigenvalue weighted by Gasteiger charge is -2.35. The summed E-state index contributed by atoms with van der Waals surface area (Å²) in [6.07, 6.45) is 2.95. The van der Waals surface area contributed by atoms with Gasteiger partial charge in [-0.15, -0.1) is 0 Å². The third kappa shape index (κ3) is 3.32. The molecule has 8 heteroatoms. The van der Waals surface area contributed by atoms with Crippen molar-refractivity contribution in [3.05, 3.63) is 24.0 Å². The summed E-state index contributed by atoms with van der Waals surface area (Å²) in [6.45, 7) is 2.56. The molecule has 1 saturated carbocycles. The van der Waals surface area contributed by atoms with Gasteiger partial charge < -0.3 is 10.5 Å². The van der Waals surface area contributed by atoms with Crippen molar-refractivity contribution < 1.29 is 13.2 Å². The highest BCUT2D eigenvalue weighted by Gasteiger charge is 2.34. The molecule has 1 aromatic rings. The molecule has 0 amide bonds. The molecule has 2 rings (SSSR count). The van der Waals surface area contributed by atoms with Crippen LogP contribution in [0.15, 0.2) is 23.2 Å². The summed E-state index contributed by atoms with van der Waals surface area (Å²) >= 11 is 4.83. The summed E-state index contributed by atoms with van der Waals surface area (Å²) in [5.74, 6) is 0. The lowest BCUT2D eigenvalue weighted by atomic mass is 9.90. The van der Waals surface area contributed by atoms with Crippen molar-refractivity contribution in [1.82, 2.24) is 9.71 Å². The van der Waals surface area contributed by atoms with Crippen LogP contribution < -0.4 is 10.5 Å². The van der Waals surface area contributed by atoms with Crippen LogP contribution >= 0.6 is 12.2 Å². The molecule has 0 radical (unpaired) electrons. The Labute approximate surface area is 123 Å². The quantitative estimate of drug-likeness (QED) is 0.745. The molecule has 0 aromatic carbocycles. The topological polar surface area (TPSA) is 94.3 Å². The third-order valence-corrected chi connectivity index (χ3v) is 4.86. The van der Waals surface area contributed by atoms with Crippen LogP contribution in [-0.2, 0) is 14.8 Å². The smallest absolute Gasteiger partial charge is 0.243 e. The van der Waals surface area contributed by atoms with E-state index in [1.807, 2.05) is 6.92 Å². The number of hydrogen-bond acceptors (Lipinski definition) is 5. The van der Waals surface area contributed by atoms with Crippen molar-refractivity contribution in [3.63, 3.8) is 0 Å². The average Bonchev–Trinajstić information content (AvgIpc) is 2.36. The van der Waals surface area contributed by atoms with E-state index in [4.69, 9.17) is 22.7 Å². The van der Waals surface area contributed by atoms with Gasteiger partial charge in [-0.2, -0.15) is 0 Å². The number of rotatable bonds is 6. The van der Waals surface area contributed by atoms with E-state index in [9.17, 15) is 8.42 Å². The van der Waals surface area contributed by atoms with Crippen molar-refractivity contribution in [3.8, 4) is 0 Å². The van der Waals surface area contributed by atoms with Crippen molar-refractivity contribution in [2.45, 2.75) is 36.8 Å². The van der Waals surface area contributed by atoms with Crippen molar-refractivity contribution in [1.29, 1.82) is 0 Å². The van der Waals surface area contributed by atoms with Crippen molar-refractivity contribution in [2.24, 2.45) is 5.73 Å². The van der Waals surface area contributed by atoms with Gasteiger partial charge in [-0.05, 0) is 31.9 Å². The summed E-state index contributed by atoms with van der Waals surface area (Å²) in [5, 5.41) is 0. The van der Waals surface area contributed by atoms with Gasteiger partial charge in [-0.25, -0.2) is 13.1 Å². The van der Waals surface area contributed by atoms with Crippen LogP contribution in [0.3, 0.4) is 0 Å². The molecule has 1 aliphatic rings. The van der Waals surface area contributed by atoms with Gasteiger partial charge in [-0.3, -0.25) is 4.98 Å². The predicted octanol–water partition coefficient (Wildman–Crippen LogP) is 0.562. The third-order valence-electron chi connectivity index (χ3n) is 3.11. The van der Waals surface area contributed by atoms with E-state index in [0.29, 0.717) is 19.4 Å². The summed E-state index contributed by atoms with van der Waals surface area (Å²) < 4.78 is 32.7. The Balaban J connectivity index is 2.10. The van der Waals surface area contributed by atoms with Gasteiger partial charge in [0.15, 0.2) is 0 Å². The Morgan fingerprint density at radius 2 is 2.30 bits per heavy atom. The Morgan fingerprint density at radius 1 is 1.60 bits per heavy atom. The minimum atomic E-state index is -3.67. The fourth-order valence-corrected chi connectivity index (χ4v) is 3.77. The highest BCUT2D eigenvalue weighted by Crippen LogP contribution is 2.25. The van der Waals surface area contributed by atoms with Crippen LogP contribution in [0.2, 0.25) is 0 Å². The van der Waals surface area contributed by atoms with Gasteiger partial charge in [0.25, 0.3) is 0 Å². The molecule has 110 valence electrons.